The number of hydrogen-bond acceptors (Lipinski definition) is 9. The predicted octanol–water partition coefficient (Wildman–Crippen LogP) is 6.93. The zero-order valence-corrected chi connectivity index (χ0v) is 26.6. The summed E-state index contributed by atoms with van der Waals surface area (Å²) in [5.74, 6) is -2.38. The summed E-state index contributed by atoms with van der Waals surface area (Å²) in [7, 11) is 1.85. The number of piperidine rings is 1. The first-order valence-corrected chi connectivity index (χ1v) is 16.3. The first-order valence-electron chi connectivity index (χ1n) is 15.5. The fourth-order valence-corrected chi connectivity index (χ4v) is 7.70. The molecule has 0 aliphatic carbocycles. The number of amides is 1. The van der Waals surface area contributed by atoms with Crippen molar-refractivity contribution >= 4 is 33.5 Å². The number of ether oxygens (including phenoxy) is 2. The fraction of sp³-hybridized carbons (Fsp3) is 0.531. The number of halogens is 2. The van der Waals surface area contributed by atoms with Gasteiger partial charge in [-0.05, 0) is 65.0 Å². The first kappa shape index (κ1) is 30.0. The van der Waals surface area contributed by atoms with Gasteiger partial charge in [0.25, 0.3) is 5.92 Å². The number of rotatable bonds is 5. The zero-order valence-electron chi connectivity index (χ0n) is 25.8. The van der Waals surface area contributed by atoms with E-state index in [4.69, 9.17) is 9.47 Å². The van der Waals surface area contributed by atoms with Gasteiger partial charge in [-0.2, -0.15) is 5.10 Å². The molecule has 45 heavy (non-hydrogen) atoms. The highest BCUT2D eigenvalue weighted by molar-refractivity contribution is 7.17. The highest BCUT2D eigenvalue weighted by Gasteiger charge is 2.60. The van der Waals surface area contributed by atoms with Crippen molar-refractivity contribution in [1.29, 1.82) is 0 Å². The van der Waals surface area contributed by atoms with E-state index >= 15 is 8.78 Å². The minimum absolute atomic E-state index is 0.0335. The Bertz CT molecular complexity index is 1700. The molecule has 3 saturated heterocycles. The van der Waals surface area contributed by atoms with Crippen molar-refractivity contribution in [2.45, 2.75) is 95.2 Å². The van der Waals surface area contributed by atoms with Crippen LogP contribution in [0.4, 0.5) is 19.4 Å². The van der Waals surface area contributed by atoms with Gasteiger partial charge in [-0.15, -0.1) is 21.5 Å². The molecule has 3 aromatic heterocycles. The Morgan fingerprint density at radius 3 is 2.67 bits per heavy atom. The number of nitrogens with zero attached hydrogens (tertiary/aromatic N) is 7. The Labute approximate surface area is 264 Å². The number of carbonyl (C=O) groups excluding carboxylic acids is 1. The number of aromatic nitrogens is 5. The van der Waals surface area contributed by atoms with E-state index in [9.17, 15) is 4.79 Å². The molecule has 6 heterocycles. The quantitative estimate of drug-likeness (QED) is 0.232. The van der Waals surface area contributed by atoms with Crippen LogP contribution in [0.1, 0.15) is 65.5 Å². The molecule has 4 atom stereocenters. The molecule has 0 saturated carbocycles. The molecule has 10 nitrogen and oxygen atoms in total. The second-order valence-corrected chi connectivity index (χ2v) is 14.1. The number of hydrogen-bond donors (Lipinski definition) is 0. The normalized spacial score (nSPS) is 24.6. The van der Waals surface area contributed by atoms with E-state index < -0.39 is 29.7 Å². The molecule has 7 rings (SSSR count). The smallest absolute Gasteiger partial charge is 0.411 e. The minimum Gasteiger partial charge on any atom is -0.444 e. The van der Waals surface area contributed by atoms with Crippen LogP contribution in [0.2, 0.25) is 0 Å². The molecule has 0 N–H and O–H groups in total. The van der Waals surface area contributed by atoms with Gasteiger partial charge in [0.2, 0.25) is 0 Å². The largest absolute Gasteiger partial charge is 0.444 e. The van der Waals surface area contributed by atoms with Crippen LogP contribution in [0, 0.1) is 0 Å². The van der Waals surface area contributed by atoms with Crippen molar-refractivity contribution in [1.82, 2.24) is 29.9 Å². The SMILES string of the molecule is CN(c1ccc(-c2ccc(-c3cnn(C4CCCCO4)c3)c3ncsc23)nn1)C1CC2CC(F)(F)C(C1)N2C(=O)OC(C)(C)C. The van der Waals surface area contributed by atoms with Gasteiger partial charge in [-0.1, -0.05) is 12.1 Å². The Kier molecular flexibility index (Phi) is 7.51. The monoisotopic (exact) mass is 637 g/mol. The number of thiazole rings is 1. The number of carbonyl (C=O) groups is 1. The lowest BCUT2D eigenvalue weighted by Crippen LogP contribution is -2.55. The molecule has 4 unspecified atom stereocenters. The molecule has 13 heteroatoms. The second-order valence-electron chi connectivity index (χ2n) is 13.3. The molecule has 4 aromatic rings. The lowest BCUT2D eigenvalue weighted by atomic mass is 9.96. The third-order valence-corrected chi connectivity index (χ3v) is 9.91. The van der Waals surface area contributed by atoms with Crippen molar-refractivity contribution in [3.05, 3.63) is 42.2 Å². The molecule has 238 valence electrons. The Balaban J connectivity index is 1.09. The molecule has 2 bridgehead atoms. The summed E-state index contributed by atoms with van der Waals surface area (Å²) in [6.45, 7) is 5.98. The van der Waals surface area contributed by atoms with Crippen LogP contribution in [0.15, 0.2) is 42.2 Å². The number of anilines is 1. The maximum atomic E-state index is 15.0. The van der Waals surface area contributed by atoms with E-state index in [0.717, 1.165) is 52.8 Å². The van der Waals surface area contributed by atoms with Crippen molar-refractivity contribution in [2.24, 2.45) is 0 Å². The average Bonchev–Trinajstić information content (AvgIpc) is 3.73. The molecule has 0 spiro atoms. The van der Waals surface area contributed by atoms with Gasteiger partial charge in [-0.3, -0.25) is 4.90 Å². The second kappa shape index (κ2) is 11.3. The Morgan fingerprint density at radius 2 is 1.96 bits per heavy atom. The highest BCUT2D eigenvalue weighted by Crippen LogP contribution is 2.47. The van der Waals surface area contributed by atoms with E-state index in [1.54, 1.807) is 32.1 Å². The zero-order chi connectivity index (χ0) is 31.5. The maximum absolute atomic E-state index is 15.0. The summed E-state index contributed by atoms with van der Waals surface area (Å²) < 4.78 is 44.3. The highest BCUT2D eigenvalue weighted by atomic mass is 32.1. The van der Waals surface area contributed by atoms with Gasteiger partial charge in [-0.25, -0.2) is 23.2 Å². The summed E-state index contributed by atoms with van der Waals surface area (Å²) in [6, 6.07) is 5.81. The van der Waals surface area contributed by atoms with Crippen molar-refractivity contribution in [3.8, 4) is 22.4 Å². The predicted molar refractivity (Wildman–Crippen MR) is 167 cm³/mol. The third-order valence-electron chi connectivity index (χ3n) is 9.05. The molecule has 3 aliphatic heterocycles. The Morgan fingerprint density at radius 1 is 1.13 bits per heavy atom. The lowest BCUT2D eigenvalue weighted by molar-refractivity contribution is -0.0492. The standard InChI is InChI=1S/C32H37F2N7O3S/c1-31(2,3)44-30(42)41-21-13-20(14-25(41)32(33,34)15-21)39(4)26-11-10-24(37-38-26)23-9-8-22(28-29(23)45-18-35-28)19-16-36-40(17-19)27-7-5-6-12-43-27/h8-11,16-18,20-21,25,27H,5-7,12-15H2,1-4H3. The average molecular weight is 638 g/mol. The van der Waals surface area contributed by atoms with Crippen molar-refractivity contribution < 1.29 is 23.0 Å². The van der Waals surface area contributed by atoms with Crippen LogP contribution in [0.3, 0.4) is 0 Å². The molecule has 3 fully saturated rings. The topological polar surface area (TPSA) is 98.5 Å². The number of benzene rings is 1. The van der Waals surface area contributed by atoms with E-state index in [2.05, 4.69) is 20.3 Å². The maximum Gasteiger partial charge on any atom is 0.411 e. The lowest BCUT2D eigenvalue weighted by Gasteiger charge is -2.42. The summed E-state index contributed by atoms with van der Waals surface area (Å²) in [5.41, 5.74) is 5.54. The summed E-state index contributed by atoms with van der Waals surface area (Å²) in [5, 5.41) is 13.6. The van der Waals surface area contributed by atoms with Crippen LogP contribution >= 0.6 is 11.3 Å². The third kappa shape index (κ3) is 5.65. The van der Waals surface area contributed by atoms with Crippen LogP contribution in [0.5, 0.6) is 0 Å². The number of fused-ring (bicyclic) bond motifs is 3. The van der Waals surface area contributed by atoms with Gasteiger partial charge < -0.3 is 14.4 Å². The molecular weight excluding hydrogens is 600 g/mol. The van der Waals surface area contributed by atoms with Gasteiger partial charge in [0.05, 0.1) is 27.6 Å². The molecule has 1 amide bonds. The number of alkyl halides is 2. The Hall–Kier alpha value is -3.71. The van der Waals surface area contributed by atoms with Gasteiger partial charge in [0.1, 0.15) is 17.9 Å². The van der Waals surface area contributed by atoms with E-state index in [-0.39, 0.29) is 25.1 Å². The molecule has 3 aliphatic rings. The van der Waals surface area contributed by atoms with Gasteiger partial charge in [0.15, 0.2) is 5.82 Å². The van der Waals surface area contributed by atoms with E-state index in [0.29, 0.717) is 17.9 Å². The molecule has 1 aromatic carbocycles. The van der Waals surface area contributed by atoms with Gasteiger partial charge in [0, 0.05) is 55.0 Å². The van der Waals surface area contributed by atoms with Crippen LogP contribution in [-0.4, -0.2) is 79.3 Å². The summed E-state index contributed by atoms with van der Waals surface area (Å²) in [4.78, 5) is 20.7. The fourth-order valence-electron chi connectivity index (χ4n) is 6.86. The first-order chi connectivity index (χ1) is 21.5. The molecule has 0 radical (unpaired) electrons. The van der Waals surface area contributed by atoms with Crippen molar-refractivity contribution in [3.63, 3.8) is 0 Å². The van der Waals surface area contributed by atoms with Crippen LogP contribution in [0.25, 0.3) is 32.6 Å². The summed E-state index contributed by atoms with van der Waals surface area (Å²) in [6.07, 6.45) is 6.50. The van der Waals surface area contributed by atoms with E-state index in [1.807, 2.05) is 58.8 Å². The van der Waals surface area contributed by atoms with Crippen molar-refractivity contribution in [2.75, 3.05) is 18.6 Å². The summed E-state index contributed by atoms with van der Waals surface area (Å²) >= 11 is 1.54. The van der Waals surface area contributed by atoms with Gasteiger partial charge >= 0.3 is 6.09 Å². The minimum atomic E-state index is -2.97. The van der Waals surface area contributed by atoms with Crippen LogP contribution in [-0.2, 0) is 9.47 Å². The molecular formula is C32H37F2N7O3S. The van der Waals surface area contributed by atoms with E-state index in [1.165, 1.54) is 4.90 Å². The van der Waals surface area contributed by atoms with Crippen LogP contribution < -0.4 is 4.90 Å².